The molecule has 0 aliphatic rings. The number of carbonyl (C=O) groups is 1. The molecule has 0 aliphatic carbocycles. The number of rotatable bonds is 2. The number of aromatic hydroxyl groups is 1. The molecule has 1 rings (SSSR count). The van der Waals surface area contributed by atoms with Crippen LogP contribution >= 0.6 is 0 Å². The van der Waals surface area contributed by atoms with E-state index in [1.807, 2.05) is 47.6 Å². The number of hydrogen-bond donors (Lipinski definition) is 1. The molecule has 1 aromatic carbocycles. The number of benzene rings is 1. The van der Waals surface area contributed by atoms with Crippen molar-refractivity contribution in [2.45, 2.75) is 41.5 Å². The Morgan fingerprint density at radius 2 is 1.55 bits per heavy atom. The molecule has 0 saturated carbocycles. The van der Waals surface area contributed by atoms with Crippen molar-refractivity contribution in [3.05, 3.63) is 35.9 Å². The van der Waals surface area contributed by atoms with Crippen LogP contribution < -0.4 is 4.74 Å². The molecule has 0 radical (unpaired) electrons. The van der Waals surface area contributed by atoms with Gasteiger partial charge in [0.25, 0.3) is 0 Å². The topological polar surface area (TPSA) is 46.5 Å². The van der Waals surface area contributed by atoms with Gasteiger partial charge in [-0.3, -0.25) is 0 Å². The lowest BCUT2D eigenvalue weighted by molar-refractivity contribution is -0.131. The summed E-state index contributed by atoms with van der Waals surface area (Å²) in [6.07, 6.45) is 1.95. The Bertz CT molecular complexity index is 497. The first-order chi connectivity index (χ1) is 8.99. The molecule has 0 aliphatic heterocycles. The van der Waals surface area contributed by atoms with Crippen molar-refractivity contribution in [3.8, 4) is 11.5 Å². The zero-order valence-electron chi connectivity index (χ0n) is 13.2. The largest absolute Gasteiger partial charge is 0.508 e. The molecule has 0 heterocycles. The monoisotopic (exact) mass is 276 g/mol. The van der Waals surface area contributed by atoms with Gasteiger partial charge >= 0.3 is 5.97 Å². The van der Waals surface area contributed by atoms with Crippen LogP contribution in [0.3, 0.4) is 0 Å². The van der Waals surface area contributed by atoms with Crippen LogP contribution in [0.4, 0.5) is 0 Å². The van der Waals surface area contributed by atoms with Crippen molar-refractivity contribution in [3.63, 3.8) is 0 Å². The van der Waals surface area contributed by atoms with Crippen LogP contribution in [0.25, 0.3) is 0 Å². The second-order valence-corrected chi connectivity index (χ2v) is 7.06. The van der Waals surface area contributed by atoms with E-state index in [1.54, 1.807) is 12.1 Å². The fourth-order valence-corrected chi connectivity index (χ4v) is 1.69. The van der Waals surface area contributed by atoms with Gasteiger partial charge in [0.1, 0.15) is 11.5 Å². The smallest absolute Gasteiger partial charge is 0.339 e. The molecule has 3 heteroatoms. The van der Waals surface area contributed by atoms with Gasteiger partial charge in [0.2, 0.25) is 0 Å². The zero-order chi connectivity index (χ0) is 15.6. The van der Waals surface area contributed by atoms with Gasteiger partial charge in [0, 0.05) is 5.57 Å². The van der Waals surface area contributed by atoms with Crippen molar-refractivity contribution in [1.82, 2.24) is 0 Å². The minimum absolute atomic E-state index is 0.101. The molecule has 0 atom stereocenters. The molecular formula is C17H24O3. The zero-order valence-corrected chi connectivity index (χ0v) is 13.2. The van der Waals surface area contributed by atoms with Crippen molar-refractivity contribution in [2.24, 2.45) is 10.8 Å². The SMILES string of the molecule is CC(C)(C)C=C(C(=O)Oc1ccc(O)cc1)C(C)(C)C. The van der Waals surface area contributed by atoms with E-state index in [4.69, 9.17) is 4.74 Å². The van der Waals surface area contributed by atoms with Gasteiger partial charge < -0.3 is 9.84 Å². The molecular weight excluding hydrogens is 252 g/mol. The third-order valence-electron chi connectivity index (χ3n) is 2.65. The molecule has 110 valence electrons. The van der Waals surface area contributed by atoms with E-state index in [-0.39, 0.29) is 22.5 Å². The summed E-state index contributed by atoms with van der Waals surface area (Å²) in [5.74, 6) is 0.223. The van der Waals surface area contributed by atoms with Crippen LogP contribution in [-0.4, -0.2) is 11.1 Å². The molecule has 0 fully saturated rings. The number of carbonyl (C=O) groups excluding carboxylic acids is 1. The van der Waals surface area contributed by atoms with E-state index < -0.39 is 0 Å². The molecule has 1 N–H and O–H groups in total. The maximum absolute atomic E-state index is 12.4. The first-order valence-corrected chi connectivity index (χ1v) is 6.73. The fourth-order valence-electron chi connectivity index (χ4n) is 1.69. The third kappa shape index (κ3) is 5.08. The molecule has 0 saturated heterocycles. The van der Waals surface area contributed by atoms with Gasteiger partial charge in [-0.25, -0.2) is 4.79 Å². The lowest BCUT2D eigenvalue weighted by Gasteiger charge is -2.25. The van der Waals surface area contributed by atoms with Gasteiger partial charge in [0.15, 0.2) is 0 Å². The second kappa shape index (κ2) is 5.70. The van der Waals surface area contributed by atoms with Crippen LogP contribution in [0.5, 0.6) is 11.5 Å². The summed E-state index contributed by atoms with van der Waals surface area (Å²) in [6.45, 7) is 12.1. The highest BCUT2D eigenvalue weighted by molar-refractivity contribution is 5.91. The maximum atomic E-state index is 12.4. The van der Waals surface area contributed by atoms with Crippen LogP contribution in [-0.2, 0) is 4.79 Å². The minimum Gasteiger partial charge on any atom is -0.508 e. The highest BCUT2D eigenvalue weighted by Gasteiger charge is 2.27. The Morgan fingerprint density at radius 1 is 1.05 bits per heavy atom. The predicted molar refractivity (Wildman–Crippen MR) is 80.7 cm³/mol. The lowest BCUT2D eigenvalue weighted by atomic mass is 9.81. The Morgan fingerprint density at radius 3 is 1.95 bits per heavy atom. The first-order valence-electron chi connectivity index (χ1n) is 6.73. The van der Waals surface area contributed by atoms with E-state index in [0.29, 0.717) is 11.3 Å². The molecule has 3 nitrogen and oxygen atoms in total. The Hall–Kier alpha value is -1.77. The number of phenols is 1. The van der Waals surface area contributed by atoms with Crippen molar-refractivity contribution < 1.29 is 14.6 Å². The highest BCUT2D eigenvalue weighted by Crippen LogP contribution is 2.31. The maximum Gasteiger partial charge on any atom is 0.339 e. The Labute approximate surface area is 121 Å². The fraction of sp³-hybridized carbons (Fsp3) is 0.471. The van der Waals surface area contributed by atoms with Crippen molar-refractivity contribution in [2.75, 3.05) is 0 Å². The standard InChI is InChI=1S/C17H24O3/c1-16(2,3)11-14(17(4,5)6)15(19)20-13-9-7-12(18)8-10-13/h7-11,18H,1-6H3. The normalized spacial score (nSPS) is 13.2. The molecule has 0 aromatic heterocycles. The van der Waals surface area contributed by atoms with Gasteiger partial charge in [-0.2, -0.15) is 0 Å². The Balaban J connectivity index is 3.01. The predicted octanol–water partition coefficient (Wildman–Crippen LogP) is 4.32. The molecule has 20 heavy (non-hydrogen) atoms. The number of ether oxygens (including phenoxy) is 1. The quantitative estimate of drug-likeness (QED) is 0.497. The van der Waals surface area contributed by atoms with Crippen LogP contribution in [0, 0.1) is 10.8 Å². The van der Waals surface area contributed by atoms with E-state index in [1.165, 1.54) is 12.1 Å². The van der Waals surface area contributed by atoms with Crippen LogP contribution in [0.1, 0.15) is 41.5 Å². The van der Waals surface area contributed by atoms with Gasteiger partial charge in [-0.1, -0.05) is 47.6 Å². The van der Waals surface area contributed by atoms with Gasteiger partial charge in [-0.05, 0) is 35.1 Å². The van der Waals surface area contributed by atoms with E-state index in [2.05, 4.69) is 0 Å². The average Bonchev–Trinajstić information content (AvgIpc) is 2.26. The third-order valence-corrected chi connectivity index (χ3v) is 2.65. The number of allylic oxidation sites excluding steroid dienone is 1. The number of hydrogen-bond acceptors (Lipinski definition) is 3. The number of esters is 1. The second-order valence-electron chi connectivity index (χ2n) is 7.06. The Kier molecular flexibility index (Phi) is 4.64. The van der Waals surface area contributed by atoms with E-state index in [9.17, 15) is 9.90 Å². The summed E-state index contributed by atoms with van der Waals surface area (Å²) in [7, 11) is 0. The van der Waals surface area contributed by atoms with Crippen LogP contribution in [0.15, 0.2) is 35.9 Å². The summed E-state index contributed by atoms with van der Waals surface area (Å²) < 4.78 is 5.39. The molecule has 1 aromatic rings. The van der Waals surface area contributed by atoms with Crippen molar-refractivity contribution in [1.29, 1.82) is 0 Å². The van der Waals surface area contributed by atoms with Gasteiger partial charge in [-0.15, -0.1) is 0 Å². The minimum atomic E-state index is -0.349. The highest BCUT2D eigenvalue weighted by atomic mass is 16.5. The number of phenolic OH excluding ortho intramolecular Hbond substituents is 1. The molecule has 0 bridgehead atoms. The summed E-state index contributed by atoms with van der Waals surface area (Å²) in [4.78, 5) is 12.4. The lowest BCUT2D eigenvalue weighted by Crippen LogP contribution is -2.24. The summed E-state index contributed by atoms with van der Waals surface area (Å²) in [6, 6.07) is 6.13. The summed E-state index contributed by atoms with van der Waals surface area (Å²) in [5.41, 5.74) is 0.260. The van der Waals surface area contributed by atoms with E-state index in [0.717, 1.165) is 0 Å². The summed E-state index contributed by atoms with van der Waals surface area (Å²) in [5, 5.41) is 9.23. The summed E-state index contributed by atoms with van der Waals surface area (Å²) >= 11 is 0. The molecule has 0 unspecified atom stereocenters. The first kappa shape index (κ1) is 16.3. The van der Waals surface area contributed by atoms with Crippen LogP contribution in [0.2, 0.25) is 0 Å². The average molecular weight is 276 g/mol. The van der Waals surface area contributed by atoms with E-state index >= 15 is 0 Å². The molecule has 0 spiro atoms. The molecule has 0 amide bonds. The van der Waals surface area contributed by atoms with Crippen molar-refractivity contribution >= 4 is 5.97 Å². The van der Waals surface area contributed by atoms with Gasteiger partial charge in [0.05, 0.1) is 0 Å².